The molecule has 1 aromatic heterocycles. The second-order valence-corrected chi connectivity index (χ2v) is 6.37. The molecule has 6 heteroatoms. The summed E-state index contributed by atoms with van der Waals surface area (Å²) < 4.78 is 1.90. The van der Waals surface area contributed by atoms with Gasteiger partial charge in [0.25, 0.3) is 5.91 Å². The van der Waals surface area contributed by atoms with Crippen LogP contribution in [-0.2, 0) is 17.9 Å². The van der Waals surface area contributed by atoms with Crippen LogP contribution in [0, 0.1) is 5.92 Å². The standard InChI is InChI=1S/C18H22N4O2/c1-13(2)16(17(23)20-8-10-21-9-7-19-12-21)22-11-14-5-3-4-6-15(14)18(22)24/h3-7,9,12-13,16H,8,10-11H2,1-2H3,(H,20,23)/t16-/m0/s1. The normalized spacial score (nSPS) is 14.8. The first-order valence-corrected chi connectivity index (χ1v) is 8.20. The Hall–Kier alpha value is -2.63. The van der Waals surface area contributed by atoms with Gasteiger partial charge < -0.3 is 14.8 Å². The topological polar surface area (TPSA) is 67.2 Å². The van der Waals surface area contributed by atoms with Crippen molar-refractivity contribution >= 4 is 11.8 Å². The van der Waals surface area contributed by atoms with E-state index in [-0.39, 0.29) is 17.7 Å². The van der Waals surface area contributed by atoms with E-state index in [1.165, 1.54) is 0 Å². The number of amides is 2. The number of nitrogens with zero attached hydrogens (tertiary/aromatic N) is 3. The molecular formula is C18H22N4O2. The number of aromatic nitrogens is 2. The molecule has 0 saturated carbocycles. The van der Waals surface area contributed by atoms with Crippen molar-refractivity contribution in [2.24, 2.45) is 5.92 Å². The molecule has 1 atom stereocenters. The molecule has 2 heterocycles. The molecule has 2 aromatic rings. The first-order chi connectivity index (χ1) is 11.6. The highest BCUT2D eigenvalue weighted by Gasteiger charge is 2.37. The van der Waals surface area contributed by atoms with Crippen LogP contribution < -0.4 is 5.32 Å². The number of hydrogen-bond donors (Lipinski definition) is 1. The highest BCUT2D eigenvalue weighted by molar-refractivity contribution is 6.01. The van der Waals surface area contributed by atoms with Gasteiger partial charge in [-0.3, -0.25) is 9.59 Å². The highest BCUT2D eigenvalue weighted by atomic mass is 16.2. The summed E-state index contributed by atoms with van der Waals surface area (Å²) in [6.45, 7) is 5.59. The molecule has 0 radical (unpaired) electrons. The van der Waals surface area contributed by atoms with Crippen LogP contribution in [0.25, 0.3) is 0 Å². The summed E-state index contributed by atoms with van der Waals surface area (Å²) in [6, 6.07) is 7.09. The van der Waals surface area contributed by atoms with E-state index in [0.29, 0.717) is 25.2 Å². The van der Waals surface area contributed by atoms with E-state index in [9.17, 15) is 9.59 Å². The van der Waals surface area contributed by atoms with Crippen molar-refractivity contribution in [2.75, 3.05) is 6.54 Å². The molecule has 1 N–H and O–H groups in total. The van der Waals surface area contributed by atoms with E-state index >= 15 is 0 Å². The predicted octanol–water partition coefficient (Wildman–Crippen LogP) is 1.68. The van der Waals surface area contributed by atoms with Gasteiger partial charge in [-0.25, -0.2) is 4.98 Å². The fraction of sp³-hybridized carbons (Fsp3) is 0.389. The van der Waals surface area contributed by atoms with Gasteiger partial charge in [-0.2, -0.15) is 0 Å². The minimum Gasteiger partial charge on any atom is -0.353 e. The molecule has 0 fully saturated rings. The third kappa shape index (κ3) is 3.18. The van der Waals surface area contributed by atoms with E-state index in [1.54, 1.807) is 17.4 Å². The Kier molecular flexibility index (Phi) is 4.64. The van der Waals surface area contributed by atoms with Gasteiger partial charge in [0.2, 0.25) is 5.91 Å². The molecule has 24 heavy (non-hydrogen) atoms. The number of carbonyl (C=O) groups is 2. The van der Waals surface area contributed by atoms with E-state index in [2.05, 4.69) is 10.3 Å². The van der Waals surface area contributed by atoms with Crippen molar-refractivity contribution in [3.63, 3.8) is 0 Å². The van der Waals surface area contributed by atoms with Crippen LogP contribution in [-0.4, -0.2) is 38.9 Å². The summed E-state index contributed by atoms with van der Waals surface area (Å²) in [6.07, 6.45) is 5.28. The van der Waals surface area contributed by atoms with Crippen LogP contribution in [0.1, 0.15) is 29.8 Å². The average Bonchev–Trinajstić information content (AvgIpc) is 3.17. The van der Waals surface area contributed by atoms with Gasteiger partial charge in [0.05, 0.1) is 6.33 Å². The number of carbonyl (C=O) groups excluding carboxylic acids is 2. The van der Waals surface area contributed by atoms with Gasteiger partial charge in [0, 0.05) is 37.6 Å². The molecule has 1 aliphatic heterocycles. The monoisotopic (exact) mass is 326 g/mol. The van der Waals surface area contributed by atoms with E-state index in [4.69, 9.17) is 0 Å². The predicted molar refractivity (Wildman–Crippen MR) is 90.2 cm³/mol. The van der Waals surface area contributed by atoms with Crippen LogP contribution in [0.3, 0.4) is 0 Å². The SMILES string of the molecule is CC(C)[C@@H](C(=O)NCCn1ccnc1)N1Cc2ccccc2C1=O. The Labute approximate surface area is 141 Å². The first kappa shape index (κ1) is 16.2. The van der Waals surface area contributed by atoms with Crippen molar-refractivity contribution < 1.29 is 9.59 Å². The Morgan fingerprint density at radius 3 is 2.79 bits per heavy atom. The van der Waals surface area contributed by atoms with Gasteiger partial charge in [-0.05, 0) is 17.5 Å². The molecule has 0 saturated heterocycles. The molecule has 1 aromatic carbocycles. The number of nitrogens with one attached hydrogen (secondary N) is 1. The summed E-state index contributed by atoms with van der Waals surface area (Å²) in [5, 5.41) is 2.95. The zero-order valence-corrected chi connectivity index (χ0v) is 14.0. The fourth-order valence-electron chi connectivity index (χ4n) is 3.14. The maximum Gasteiger partial charge on any atom is 0.255 e. The molecule has 0 bridgehead atoms. The molecule has 0 unspecified atom stereocenters. The largest absolute Gasteiger partial charge is 0.353 e. The summed E-state index contributed by atoms with van der Waals surface area (Å²) in [4.78, 5) is 31.0. The van der Waals surface area contributed by atoms with Crippen molar-refractivity contribution in [1.82, 2.24) is 19.8 Å². The quantitative estimate of drug-likeness (QED) is 0.878. The number of hydrogen-bond acceptors (Lipinski definition) is 3. The lowest BCUT2D eigenvalue weighted by Gasteiger charge is -2.30. The maximum atomic E-state index is 12.7. The van der Waals surface area contributed by atoms with E-state index < -0.39 is 6.04 Å². The smallest absolute Gasteiger partial charge is 0.255 e. The second kappa shape index (κ2) is 6.86. The molecule has 6 nitrogen and oxygen atoms in total. The van der Waals surface area contributed by atoms with Crippen LogP contribution >= 0.6 is 0 Å². The van der Waals surface area contributed by atoms with E-state index in [0.717, 1.165) is 5.56 Å². The van der Waals surface area contributed by atoms with Crippen LogP contribution in [0.2, 0.25) is 0 Å². The van der Waals surface area contributed by atoms with Crippen molar-refractivity contribution in [3.05, 3.63) is 54.1 Å². The van der Waals surface area contributed by atoms with Crippen molar-refractivity contribution in [3.8, 4) is 0 Å². The van der Waals surface area contributed by atoms with Crippen LogP contribution in [0.4, 0.5) is 0 Å². The summed E-state index contributed by atoms with van der Waals surface area (Å²) in [5.41, 5.74) is 1.69. The first-order valence-electron chi connectivity index (χ1n) is 8.20. The lowest BCUT2D eigenvalue weighted by atomic mass is 10.0. The Balaban J connectivity index is 1.66. The lowest BCUT2D eigenvalue weighted by molar-refractivity contribution is -0.127. The van der Waals surface area contributed by atoms with Gasteiger partial charge in [-0.1, -0.05) is 32.0 Å². The molecule has 0 spiro atoms. The molecule has 3 rings (SSSR count). The third-order valence-corrected chi connectivity index (χ3v) is 4.31. The Morgan fingerprint density at radius 2 is 2.12 bits per heavy atom. The van der Waals surface area contributed by atoms with Gasteiger partial charge in [0.15, 0.2) is 0 Å². The molecule has 126 valence electrons. The molecular weight excluding hydrogens is 304 g/mol. The molecule has 2 amide bonds. The minimum absolute atomic E-state index is 0.0384. The average molecular weight is 326 g/mol. The number of imidazole rings is 1. The van der Waals surface area contributed by atoms with Crippen molar-refractivity contribution in [2.45, 2.75) is 33.0 Å². The summed E-state index contributed by atoms with van der Waals surface area (Å²) in [7, 11) is 0. The zero-order valence-electron chi connectivity index (χ0n) is 14.0. The van der Waals surface area contributed by atoms with Gasteiger partial charge >= 0.3 is 0 Å². The fourth-order valence-corrected chi connectivity index (χ4v) is 3.14. The minimum atomic E-state index is -0.465. The second-order valence-electron chi connectivity index (χ2n) is 6.37. The van der Waals surface area contributed by atoms with E-state index in [1.807, 2.05) is 48.9 Å². The lowest BCUT2D eigenvalue weighted by Crippen LogP contribution is -2.50. The number of fused-ring (bicyclic) bond motifs is 1. The summed E-state index contributed by atoms with van der Waals surface area (Å²) >= 11 is 0. The van der Waals surface area contributed by atoms with Crippen LogP contribution in [0.15, 0.2) is 43.0 Å². The van der Waals surface area contributed by atoms with Gasteiger partial charge in [0.1, 0.15) is 6.04 Å². The van der Waals surface area contributed by atoms with Crippen molar-refractivity contribution in [1.29, 1.82) is 0 Å². The maximum absolute atomic E-state index is 12.7. The number of rotatable bonds is 6. The Bertz CT molecular complexity index is 724. The summed E-state index contributed by atoms with van der Waals surface area (Å²) in [5.74, 6) is -0.128. The molecule has 0 aliphatic carbocycles. The molecule has 1 aliphatic rings. The Morgan fingerprint density at radius 1 is 1.33 bits per heavy atom. The van der Waals surface area contributed by atoms with Gasteiger partial charge in [-0.15, -0.1) is 0 Å². The van der Waals surface area contributed by atoms with Crippen LogP contribution in [0.5, 0.6) is 0 Å². The highest BCUT2D eigenvalue weighted by Crippen LogP contribution is 2.26. The third-order valence-electron chi connectivity index (χ3n) is 4.31. The zero-order chi connectivity index (χ0) is 17.1. The number of benzene rings is 1.